The highest BCUT2D eigenvalue weighted by Gasteiger charge is 2.53. The van der Waals surface area contributed by atoms with Crippen molar-refractivity contribution in [2.45, 2.75) is 57.5 Å². The number of nitrogens with zero attached hydrogens (tertiary/aromatic N) is 1. The molecule has 0 spiro atoms. The maximum absolute atomic E-state index is 12.3. The van der Waals surface area contributed by atoms with Gasteiger partial charge in [0.25, 0.3) is 0 Å². The van der Waals surface area contributed by atoms with Crippen LogP contribution in [0.1, 0.15) is 54.8 Å². The Morgan fingerprint density at radius 1 is 1.14 bits per heavy atom. The van der Waals surface area contributed by atoms with E-state index in [-0.39, 0.29) is 12.0 Å². The van der Waals surface area contributed by atoms with Gasteiger partial charge in [-0.15, -0.1) is 11.3 Å². The number of nitrogens with one attached hydrogen (secondary N) is 1. The number of hydrogen-bond acceptors (Lipinski definition) is 5. The average Bonchev–Trinajstić information content (AvgIpc) is 3.07. The summed E-state index contributed by atoms with van der Waals surface area (Å²) in [6.45, 7) is 2.22. The Kier molecular flexibility index (Phi) is 4.77. The van der Waals surface area contributed by atoms with Gasteiger partial charge in [-0.05, 0) is 80.9 Å². The summed E-state index contributed by atoms with van der Waals surface area (Å²) in [4.78, 5) is 17.3. The van der Waals surface area contributed by atoms with Crippen LogP contribution in [0, 0.1) is 24.7 Å². The second kappa shape index (κ2) is 7.31. The third kappa shape index (κ3) is 3.63. The Labute approximate surface area is 175 Å². The standard InChI is InChI=1S/C23H28N2O3S/c1-14-20(25-22(26)28-13-15-3-5-19(27-2)6-4-15)29-21(24-14)23-10-16-7-17(11-23)9-18(8-16)12-23/h3-6,16-18H,7-13H2,1-2H3,(H,25,26). The lowest BCUT2D eigenvalue weighted by molar-refractivity contribution is -0.00532. The van der Waals surface area contributed by atoms with Crippen molar-refractivity contribution in [2.24, 2.45) is 17.8 Å². The Hall–Kier alpha value is -2.08. The summed E-state index contributed by atoms with van der Waals surface area (Å²) in [5, 5.41) is 4.99. The van der Waals surface area contributed by atoms with Crippen molar-refractivity contribution >= 4 is 22.4 Å². The molecule has 4 fully saturated rings. The van der Waals surface area contributed by atoms with Gasteiger partial charge < -0.3 is 9.47 Å². The van der Waals surface area contributed by atoms with Crippen LogP contribution < -0.4 is 10.1 Å². The monoisotopic (exact) mass is 412 g/mol. The number of benzene rings is 1. The van der Waals surface area contributed by atoms with E-state index in [1.54, 1.807) is 18.4 Å². The number of ether oxygens (including phenoxy) is 2. The quantitative estimate of drug-likeness (QED) is 0.687. The average molecular weight is 413 g/mol. The first-order chi connectivity index (χ1) is 14.0. The number of aryl methyl sites for hydroxylation is 1. The number of thiazole rings is 1. The minimum Gasteiger partial charge on any atom is -0.497 e. The fourth-order valence-electron chi connectivity index (χ4n) is 6.11. The van der Waals surface area contributed by atoms with Gasteiger partial charge >= 0.3 is 6.09 Å². The van der Waals surface area contributed by atoms with Crippen molar-refractivity contribution in [3.05, 3.63) is 40.5 Å². The van der Waals surface area contributed by atoms with E-state index in [4.69, 9.17) is 14.5 Å². The van der Waals surface area contributed by atoms with Gasteiger partial charge in [0.15, 0.2) is 0 Å². The van der Waals surface area contributed by atoms with Gasteiger partial charge in [-0.2, -0.15) is 0 Å². The van der Waals surface area contributed by atoms with Crippen LogP contribution in [0.2, 0.25) is 0 Å². The molecule has 4 aliphatic rings. The minimum absolute atomic E-state index is 0.232. The van der Waals surface area contributed by atoms with Gasteiger partial charge in [0.05, 0.1) is 12.8 Å². The van der Waals surface area contributed by atoms with E-state index in [1.807, 2.05) is 31.2 Å². The van der Waals surface area contributed by atoms with Crippen molar-refractivity contribution in [2.75, 3.05) is 12.4 Å². The first kappa shape index (κ1) is 18.9. The number of aromatic nitrogens is 1. The predicted molar refractivity (Wildman–Crippen MR) is 114 cm³/mol. The molecule has 4 saturated carbocycles. The van der Waals surface area contributed by atoms with Gasteiger partial charge in [0.1, 0.15) is 22.4 Å². The lowest BCUT2D eigenvalue weighted by Crippen LogP contribution is -2.48. The van der Waals surface area contributed by atoms with Crippen molar-refractivity contribution in [3.8, 4) is 5.75 Å². The predicted octanol–water partition coefficient (Wildman–Crippen LogP) is 5.68. The Morgan fingerprint density at radius 3 is 2.34 bits per heavy atom. The van der Waals surface area contributed by atoms with Gasteiger partial charge in [0, 0.05) is 5.41 Å². The van der Waals surface area contributed by atoms with Crippen LogP contribution in [-0.2, 0) is 16.8 Å². The summed E-state index contributed by atoms with van der Waals surface area (Å²) in [6, 6.07) is 7.52. The first-order valence-electron chi connectivity index (χ1n) is 10.6. The van der Waals surface area contributed by atoms with E-state index in [0.29, 0.717) is 0 Å². The maximum atomic E-state index is 12.3. The highest BCUT2D eigenvalue weighted by atomic mass is 32.1. The molecule has 5 nitrogen and oxygen atoms in total. The van der Waals surface area contributed by atoms with Crippen LogP contribution in [0.4, 0.5) is 9.80 Å². The van der Waals surface area contributed by atoms with Gasteiger partial charge in [-0.3, -0.25) is 5.32 Å². The number of rotatable bonds is 5. The van der Waals surface area contributed by atoms with E-state index >= 15 is 0 Å². The van der Waals surface area contributed by atoms with E-state index in [1.165, 1.54) is 43.5 Å². The highest BCUT2D eigenvalue weighted by Crippen LogP contribution is 2.61. The number of carbonyl (C=O) groups excluding carboxylic acids is 1. The molecule has 1 aromatic carbocycles. The smallest absolute Gasteiger partial charge is 0.412 e. The van der Waals surface area contributed by atoms with Crippen LogP contribution in [0.25, 0.3) is 0 Å². The molecule has 0 unspecified atom stereocenters. The maximum Gasteiger partial charge on any atom is 0.412 e. The second-order valence-corrected chi connectivity index (χ2v) is 10.2. The summed E-state index contributed by atoms with van der Waals surface area (Å²) in [5.41, 5.74) is 2.09. The summed E-state index contributed by atoms with van der Waals surface area (Å²) < 4.78 is 10.6. The zero-order valence-electron chi connectivity index (χ0n) is 17.1. The Balaban J connectivity index is 1.24. The van der Waals surface area contributed by atoms with Crippen molar-refractivity contribution in [1.82, 2.24) is 4.98 Å². The van der Waals surface area contributed by atoms with E-state index in [0.717, 1.165) is 39.8 Å². The molecular weight excluding hydrogens is 384 g/mol. The van der Waals surface area contributed by atoms with Crippen molar-refractivity contribution in [3.63, 3.8) is 0 Å². The molecule has 0 saturated heterocycles. The summed E-state index contributed by atoms with van der Waals surface area (Å²) >= 11 is 1.66. The van der Waals surface area contributed by atoms with Crippen molar-refractivity contribution < 1.29 is 14.3 Å². The second-order valence-electron chi connectivity index (χ2n) is 9.18. The first-order valence-corrected chi connectivity index (χ1v) is 11.4. The number of amides is 1. The van der Waals surface area contributed by atoms with Crippen LogP contribution in [0.5, 0.6) is 5.75 Å². The van der Waals surface area contributed by atoms with Crippen LogP contribution in [0.15, 0.2) is 24.3 Å². The number of anilines is 1. The molecule has 1 aromatic heterocycles. The molecule has 4 bridgehead atoms. The molecule has 154 valence electrons. The Morgan fingerprint density at radius 2 is 1.76 bits per heavy atom. The zero-order chi connectivity index (χ0) is 20.0. The molecule has 0 radical (unpaired) electrons. The zero-order valence-corrected chi connectivity index (χ0v) is 17.9. The number of methoxy groups -OCH3 is 1. The molecule has 6 heteroatoms. The lowest BCUT2D eigenvalue weighted by Gasteiger charge is -2.56. The van der Waals surface area contributed by atoms with Gasteiger partial charge in [-0.1, -0.05) is 12.1 Å². The van der Waals surface area contributed by atoms with Gasteiger partial charge in [0.2, 0.25) is 0 Å². The third-order valence-electron chi connectivity index (χ3n) is 7.03. The number of carbonyl (C=O) groups is 1. The van der Waals surface area contributed by atoms with Gasteiger partial charge in [-0.25, -0.2) is 9.78 Å². The normalized spacial score (nSPS) is 29.7. The summed E-state index contributed by atoms with van der Waals surface area (Å²) in [5.74, 6) is 3.44. The summed E-state index contributed by atoms with van der Waals surface area (Å²) in [7, 11) is 1.63. The van der Waals surface area contributed by atoms with E-state index in [9.17, 15) is 4.79 Å². The van der Waals surface area contributed by atoms with Crippen LogP contribution in [0.3, 0.4) is 0 Å². The Bertz CT molecular complexity index is 870. The molecule has 0 aliphatic heterocycles. The van der Waals surface area contributed by atoms with Crippen molar-refractivity contribution in [1.29, 1.82) is 0 Å². The molecule has 6 rings (SSSR count). The molecule has 1 heterocycles. The molecular formula is C23H28N2O3S. The fraction of sp³-hybridized carbons (Fsp3) is 0.565. The van der Waals surface area contributed by atoms with E-state index in [2.05, 4.69) is 5.32 Å². The third-order valence-corrected chi connectivity index (χ3v) is 8.35. The molecule has 4 aliphatic carbocycles. The fourth-order valence-corrected chi connectivity index (χ4v) is 7.28. The molecule has 1 amide bonds. The van der Waals surface area contributed by atoms with Crippen LogP contribution in [-0.4, -0.2) is 18.2 Å². The SMILES string of the molecule is COc1ccc(COC(=O)Nc2sc(C34CC5CC(CC(C5)C3)C4)nc2C)cc1. The largest absolute Gasteiger partial charge is 0.497 e. The topological polar surface area (TPSA) is 60.5 Å². The summed E-state index contributed by atoms with van der Waals surface area (Å²) in [6.07, 6.45) is 7.70. The molecule has 2 aromatic rings. The highest BCUT2D eigenvalue weighted by molar-refractivity contribution is 7.16. The molecule has 29 heavy (non-hydrogen) atoms. The lowest BCUT2D eigenvalue weighted by atomic mass is 9.50. The molecule has 1 N–H and O–H groups in total. The minimum atomic E-state index is -0.426. The van der Waals surface area contributed by atoms with E-state index < -0.39 is 6.09 Å². The van der Waals surface area contributed by atoms with Crippen LogP contribution >= 0.6 is 11.3 Å². The number of hydrogen-bond donors (Lipinski definition) is 1. The molecule has 0 atom stereocenters.